The Balaban J connectivity index is 0.00000264. The average Bonchev–Trinajstić information content (AvgIpc) is 3.04. The van der Waals surface area contributed by atoms with Gasteiger partial charge in [-0.3, -0.25) is 4.79 Å². The maximum Gasteiger partial charge on any atom is 0.241 e. The molecule has 0 aromatic heterocycles. The lowest BCUT2D eigenvalue weighted by atomic mass is 10.1. The standard InChI is InChI=1S/C17H26N2O3.ClH/c1-13-3-5-15(6-4-13)16(18)17(20)19-8-2-9-21-11-14-7-10-22-12-14;/h3-6,14,16H,2,7-12,18H2,1H3,(H,19,20);1H. The zero-order chi connectivity index (χ0) is 15.8. The molecule has 5 nitrogen and oxygen atoms in total. The molecule has 0 aliphatic carbocycles. The number of halogens is 1. The van der Waals surface area contributed by atoms with Crippen molar-refractivity contribution >= 4 is 18.3 Å². The molecular formula is C17H27ClN2O3. The summed E-state index contributed by atoms with van der Waals surface area (Å²) in [6, 6.07) is 7.10. The van der Waals surface area contributed by atoms with Crippen LogP contribution < -0.4 is 11.1 Å². The highest BCUT2D eigenvalue weighted by atomic mass is 35.5. The van der Waals surface area contributed by atoms with Gasteiger partial charge in [0.15, 0.2) is 0 Å². The molecule has 1 heterocycles. The van der Waals surface area contributed by atoms with E-state index in [2.05, 4.69) is 5.32 Å². The Kier molecular flexibility index (Phi) is 9.17. The highest BCUT2D eigenvalue weighted by Crippen LogP contribution is 2.12. The van der Waals surface area contributed by atoms with Crippen LogP contribution in [0.1, 0.15) is 30.0 Å². The van der Waals surface area contributed by atoms with Gasteiger partial charge < -0.3 is 20.5 Å². The quantitative estimate of drug-likeness (QED) is 0.708. The molecule has 1 aromatic rings. The second kappa shape index (κ2) is 10.6. The van der Waals surface area contributed by atoms with Gasteiger partial charge in [0, 0.05) is 25.7 Å². The van der Waals surface area contributed by atoms with Crippen LogP contribution in [0, 0.1) is 12.8 Å². The second-order valence-corrected chi connectivity index (χ2v) is 5.84. The van der Waals surface area contributed by atoms with Gasteiger partial charge in [-0.2, -0.15) is 0 Å². The van der Waals surface area contributed by atoms with Gasteiger partial charge in [-0.25, -0.2) is 0 Å². The van der Waals surface area contributed by atoms with Crippen molar-refractivity contribution in [2.24, 2.45) is 11.7 Å². The summed E-state index contributed by atoms with van der Waals surface area (Å²) < 4.78 is 10.9. The first-order chi connectivity index (χ1) is 10.7. The summed E-state index contributed by atoms with van der Waals surface area (Å²) >= 11 is 0. The van der Waals surface area contributed by atoms with Crippen LogP contribution in [0.3, 0.4) is 0 Å². The summed E-state index contributed by atoms with van der Waals surface area (Å²) in [4.78, 5) is 12.0. The highest BCUT2D eigenvalue weighted by molar-refractivity contribution is 5.85. The molecule has 2 unspecified atom stereocenters. The minimum atomic E-state index is -0.614. The van der Waals surface area contributed by atoms with Crippen molar-refractivity contribution in [1.82, 2.24) is 5.32 Å². The SMILES string of the molecule is Cc1ccc(C(N)C(=O)NCCCOCC2CCOC2)cc1.Cl. The lowest BCUT2D eigenvalue weighted by molar-refractivity contribution is -0.122. The number of amides is 1. The van der Waals surface area contributed by atoms with E-state index in [-0.39, 0.29) is 18.3 Å². The van der Waals surface area contributed by atoms with E-state index in [0.717, 1.165) is 43.8 Å². The maximum absolute atomic E-state index is 12.0. The molecule has 2 atom stereocenters. The van der Waals surface area contributed by atoms with Crippen molar-refractivity contribution in [3.63, 3.8) is 0 Å². The van der Waals surface area contributed by atoms with Crippen molar-refractivity contribution in [3.05, 3.63) is 35.4 Å². The van der Waals surface area contributed by atoms with Crippen LogP contribution in [-0.4, -0.2) is 38.9 Å². The molecule has 130 valence electrons. The molecule has 0 bridgehead atoms. The minimum absolute atomic E-state index is 0. The van der Waals surface area contributed by atoms with Crippen LogP contribution in [0.5, 0.6) is 0 Å². The number of carbonyl (C=O) groups is 1. The third kappa shape index (κ3) is 6.87. The van der Waals surface area contributed by atoms with Gasteiger partial charge in [0.05, 0.1) is 13.2 Å². The third-order valence-corrected chi connectivity index (χ3v) is 3.86. The summed E-state index contributed by atoms with van der Waals surface area (Å²) in [7, 11) is 0. The van der Waals surface area contributed by atoms with Crippen LogP contribution in [-0.2, 0) is 14.3 Å². The van der Waals surface area contributed by atoms with E-state index in [1.165, 1.54) is 0 Å². The van der Waals surface area contributed by atoms with Crippen LogP contribution in [0.15, 0.2) is 24.3 Å². The number of aryl methyl sites for hydroxylation is 1. The Bertz CT molecular complexity index is 461. The van der Waals surface area contributed by atoms with E-state index in [1.54, 1.807) is 0 Å². The number of nitrogens with two attached hydrogens (primary N) is 1. The summed E-state index contributed by atoms with van der Waals surface area (Å²) in [6.07, 6.45) is 1.88. The van der Waals surface area contributed by atoms with Crippen molar-refractivity contribution in [1.29, 1.82) is 0 Å². The number of hydrogen-bond acceptors (Lipinski definition) is 4. The molecular weight excluding hydrogens is 316 g/mol. The fourth-order valence-corrected chi connectivity index (χ4v) is 2.39. The highest BCUT2D eigenvalue weighted by Gasteiger charge is 2.16. The van der Waals surface area contributed by atoms with E-state index < -0.39 is 6.04 Å². The van der Waals surface area contributed by atoms with Crippen molar-refractivity contribution in [3.8, 4) is 0 Å². The molecule has 6 heteroatoms. The van der Waals surface area contributed by atoms with Crippen LogP contribution in [0.25, 0.3) is 0 Å². The smallest absolute Gasteiger partial charge is 0.241 e. The molecule has 0 spiro atoms. The van der Waals surface area contributed by atoms with Crippen LogP contribution >= 0.6 is 12.4 Å². The molecule has 1 aliphatic rings. The predicted octanol–water partition coefficient (Wildman–Crippen LogP) is 1.98. The fourth-order valence-electron chi connectivity index (χ4n) is 2.39. The molecule has 2 rings (SSSR count). The Morgan fingerprint density at radius 1 is 1.43 bits per heavy atom. The largest absolute Gasteiger partial charge is 0.381 e. The van der Waals surface area contributed by atoms with Gasteiger partial charge in [0.2, 0.25) is 5.91 Å². The first kappa shape index (κ1) is 19.9. The zero-order valence-corrected chi connectivity index (χ0v) is 14.4. The second-order valence-electron chi connectivity index (χ2n) is 5.84. The van der Waals surface area contributed by atoms with E-state index >= 15 is 0 Å². The molecule has 1 fully saturated rings. The molecule has 1 aliphatic heterocycles. The molecule has 0 saturated carbocycles. The van der Waals surface area contributed by atoms with Crippen LogP contribution in [0.2, 0.25) is 0 Å². The maximum atomic E-state index is 12.0. The molecule has 0 radical (unpaired) electrons. The monoisotopic (exact) mass is 342 g/mol. The summed E-state index contributed by atoms with van der Waals surface area (Å²) in [5.41, 5.74) is 7.94. The first-order valence-corrected chi connectivity index (χ1v) is 7.92. The minimum Gasteiger partial charge on any atom is -0.381 e. The first-order valence-electron chi connectivity index (χ1n) is 7.92. The number of ether oxygens (including phenoxy) is 2. The Hall–Kier alpha value is -1.14. The number of nitrogens with one attached hydrogen (secondary N) is 1. The topological polar surface area (TPSA) is 73.6 Å². The van der Waals surface area contributed by atoms with Gasteiger partial charge in [-0.1, -0.05) is 29.8 Å². The van der Waals surface area contributed by atoms with Crippen molar-refractivity contribution in [2.45, 2.75) is 25.8 Å². The van der Waals surface area contributed by atoms with Crippen LogP contribution in [0.4, 0.5) is 0 Å². The Morgan fingerprint density at radius 3 is 2.83 bits per heavy atom. The van der Waals surface area contributed by atoms with E-state index in [4.69, 9.17) is 15.2 Å². The normalized spacial score (nSPS) is 18.3. The molecule has 1 aromatic carbocycles. The molecule has 3 N–H and O–H groups in total. The molecule has 1 amide bonds. The van der Waals surface area contributed by atoms with E-state index in [9.17, 15) is 4.79 Å². The third-order valence-electron chi connectivity index (χ3n) is 3.86. The van der Waals surface area contributed by atoms with E-state index in [0.29, 0.717) is 19.1 Å². The summed E-state index contributed by atoms with van der Waals surface area (Å²) in [5, 5.41) is 2.86. The van der Waals surface area contributed by atoms with Gasteiger partial charge in [-0.05, 0) is 25.3 Å². The van der Waals surface area contributed by atoms with E-state index in [1.807, 2.05) is 31.2 Å². The lowest BCUT2D eigenvalue weighted by Gasteiger charge is -2.13. The molecule has 23 heavy (non-hydrogen) atoms. The summed E-state index contributed by atoms with van der Waals surface area (Å²) in [6.45, 7) is 5.64. The molecule has 1 saturated heterocycles. The predicted molar refractivity (Wildman–Crippen MR) is 92.7 cm³/mol. The van der Waals surface area contributed by atoms with Gasteiger partial charge in [-0.15, -0.1) is 12.4 Å². The Morgan fingerprint density at radius 2 is 2.17 bits per heavy atom. The average molecular weight is 343 g/mol. The van der Waals surface area contributed by atoms with Crippen molar-refractivity contribution < 1.29 is 14.3 Å². The number of benzene rings is 1. The Labute approximate surface area is 144 Å². The number of rotatable bonds is 8. The van der Waals surface area contributed by atoms with Gasteiger partial charge in [0.1, 0.15) is 6.04 Å². The van der Waals surface area contributed by atoms with Crippen molar-refractivity contribution in [2.75, 3.05) is 33.0 Å². The summed E-state index contributed by atoms with van der Waals surface area (Å²) in [5.74, 6) is 0.387. The number of hydrogen-bond donors (Lipinski definition) is 2. The van der Waals surface area contributed by atoms with Gasteiger partial charge in [0.25, 0.3) is 0 Å². The van der Waals surface area contributed by atoms with Gasteiger partial charge >= 0.3 is 0 Å². The lowest BCUT2D eigenvalue weighted by Crippen LogP contribution is -2.35. The zero-order valence-electron chi connectivity index (χ0n) is 13.6. The fraction of sp³-hybridized carbons (Fsp3) is 0.588. The number of carbonyl (C=O) groups excluding carboxylic acids is 1.